The van der Waals surface area contributed by atoms with Gasteiger partial charge in [0.25, 0.3) is 5.91 Å². The molecule has 2 aliphatic heterocycles. The van der Waals surface area contributed by atoms with E-state index in [0.29, 0.717) is 16.9 Å². The molecule has 18 heavy (non-hydrogen) atoms. The molecule has 0 spiro atoms. The Labute approximate surface area is 111 Å². The molecule has 3 rings (SSSR count). The predicted octanol–water partition coefficient (Wildman–Crippen LogP) is 1.70. The summed E-state index contributed by atoms with van der Waals surface area (Å²) in [5.41, 5.74) is 0.402. The molecule has 1 aromatic heterocycles. The first-order valence-corrected chi connectivity index (χ1v) is 6.79. The van der Waals surface area contributed by atoms with Gasteiger partial charge in [-0.05, 0) is 37.9 Å². The minimum atomic E-state index is -0.115. The number of carbonyl (C=O) groups excluding carboxylic acids is 1. The number of nitrogens with one attached hydrogen (secondary N) is 1. The number of hydrogen-bond acceptors (Lipinski definition) is 3. The van der Waals surface area contributed by atoms with Crippen molar-refractivity contribution in [2.45, 2.75) is 31.3 Å². The minimum absolute atomic E-state index is 0.115. The SMILES string of the molecule is O=C(NC1CCN2CCCC12)c1cccc(Cl)n1. The van der Waals surface area contributed by atoms with Crippen LogP contribution in [0.1, 0.15) is 29.8 Å². The molecule has 4 nitrogen and oxygen atoms in total. The van der Waals surface area contributed by atoms with Crippen molar-refractivity contribution in [1.29, 1.82) is 0 Å². The molecule has 2 saturated heterocycles. The molecule has 2 aliphatic rings. The number of carbonyl (C=O) groups is 1. The molecule has 0 aromatic carbocycles. The third kappa shape index (κ3) is 2.22. The molecule has 5 heteroatoms. The molecule has 3 heterocycles. The molecule has 96 valence electrons. The Hall–Kier alpha value is -1.13. The molecule has 0 saturated carbocycles. The lowest BCUT2D eigenvalue weighted by molar-refractivity contribution is 0.0924. The van der Waals surface area contributed by atoms with Crippen LogP contribution in [0.5, 0.6) is 0 Å². The zero-order valence-corrected chi connectivity index (χ0v) is 10.9. The molecule has 2 atom stereocenters. The van der Waals surface area contributed by atoms with E-state index in [2.05, 4.69) is 15.2 Å². The van der Waals surface area contributed by atoms with Gasteiger partial charge in [-0.25, -0.2) is 4.98 Å². The molecule has 1 amide bonds. The summed E-state index contributed by atoms with van der Waals surface area (Å²) in [5.74, 6) is -0.115. The lowest BCUT2D eigenvalue weighted by atomic mass is 10.1. The van der Waals surface area contributed by atoms with Crippen molar-refractivity contribution >= 4 is 17.5 Å². The third-order valence-corrected chi connectivity index (χ3v) is 4.08. The van der Waals surface area contributed by atoms with Crippen molar-refractivity contribution in [2.24, 2.45) is 0 Å². The second-order valence-electron chi connectivity index (χ2n) is 4.96. The van der Waals surface area contributed by atoms with Crippen molar-refractivity contribution in [3.05, 3.63) is 29.0 Å². The van der Waals surface area contributed by atoms with E-state index in [1.165, 1.54) is 19.4 Å². The van der Waals surface area contributed by atoms with E-state index in [4.69, 9.17) is 11.6 Å². The molecule has 2 unspecified atom stereocenters. The summed E-state index contributed by atoms with van der Waals surface area (Å²) in [7, 11) is 0. The van der Waals surface area contributed by atoms with Gasteiger partial charge in [0.2, 0.25) is 0 Å². The average Bonchev–Trinajstić information content (AvgIpc) is 2.94. The number of hydrogen-bond donors (Lipinski definition) is 1. The van der Waals surface area contributed by atoms with Crippen LogP contribution in [0.2, 0.25) is 5.15 Å². The number of aromatic nitrogens is 1. The average molecular weight is 266 g/mol. The van der Waals surface area contributed by atoms with Gasteiger partial charge in [0.05, 0.1) is 0 Å². The monoisotopic (exact) mass is 265 g/mol. The highest BCUT2D eigenvalue weighted by atomic mass is 35.5. The van der Waals surface area contributed by atoms with Gasteiger partial charge in [0.15, 0.2) is 0 Å². The van der Waals surface area contributed by atoms with Crippen molar-refractivity contribution in [2.75, 3.05) is 13.1 Å². The van der Waals surface area contributed by atoms with E-state index in [-0.39, 0.29) is 11.9 Å². The van der Waals surface area contributed by atoms with Crippen LogP contribution in [0.15, 0.2) is 18.2 Å². The summed E-state index contributed by atoms with van der Waals surface area (Å²) in [6.45, 7) is 2.27. The quantitative estimate of drug-likeness (QED) is 0.828. The molecule has 0 bridgehead atoms. The number of pyridine rings is 1. The van der Waals surface area contributed by atoms with Crippen LogP contribution in [0.25, 0.3) is 0 Å². The second-order valence-corrected chi connectivity index (χ2v) is 5.35. The van der Waals surface area contributed by atoms with E-state index in [1.54, 1.807) is 18.2 Å². The van der Waals surface area contributed by atoms with Gasteiger partial charge in [-0.1, -0.05) is 17.7 Å². The third-order valence-electron chi connectivity index (χ3n) is 3.87. The fraction of sp³-hybridized carbons (Fsp3) is 0.538. The van der Waals surface area contributed by atoms with Gasteiger partial charge in [-0.15, -0.1) is 0 Å². The zero-order chi connectivity index (χ0) is 12.5. The largest absolute Gasteiger partial charge is 0.346 e. The molecule has 2 fully saturated rings. The van der Waals surface area contributed by atoms with Gasteiger partial charge in [0.1, 0.15) is 10.8 Å². The molecule has 0 aliphatic carbocycles. The lowest BCUT2D eigenvalue weighted by Crippen LogP contribution is -2.42. The first-order chi connectivity index (χ1) is 8.74. The Balaban J connectivity index is 1.68. The Morgan fingerprint density at radius 3 is 3.11 bits per heavy atom. The van der Waals surface area contributed by atoms with E-state index >= 15 is 0 Å². The van der Waals surface area contributed by atoms with Crippen molar-refractivity contribution < 1.29 is 4.79 Å². The van der Waals surface area contributed by atoms with Crippen molar-refractivity contribution in [3.63, 3.8) is 0 Å². The highest BCUT2D eigenvalue weighted by Crippen LogP contribution is 2.28. The maximum absolute atomic E-state index is 12.1. The first kappa shape index (κ1) is 11.9. The van der Waals surface area contributed by atoms with Crippen molar-refractivity contribution in [1.82, 2.24) is 15.2 Å². The first-order valence-electron chi connectivity index (χ1n) is 6.41. The number of halogens is 1. The van der Waals surface area contributed by atoms with Crippen LogP contribution >= 0.6 is 11.6 Å². The van der Waals surface area contributed by atoms with Gasteiger partial charge < -0.3 is 5.32 Å². The lowest BCUT2D eigenvalue weighted by Gasteiger charge is -2.21. The Bertz CT molecular complexity index is 465. The van der Waals surface area contributed by atoms with Crippen LogP contribution in [-0.2, 0) is 0 Å². The smallest absolute Gasteiger partial charge is 0.270 e. The van der Waals surface area contributed by atoms with Gasteiger partial charge in [0, 0.05) is 18.6 Å². The van der Waals surface area contributed by atoms with Crippen molar-refractivity contribution in [3.8, 4) is 0 Å². The minimum Gasteiger partial charge on any atom is -0.346 e. The summed E-state index contributed by atoms with van der Waals surface area (Å²) < 4.78 is 0. The topological polar surface area (TPSA) is 45.2 Å². The standard InChI is InChI=1S/C13H16ClN3O/c14-12-5-1-3-10(15-12)13(18)16-9-6-8-17-7-2-4-11(9)17/h1,3,5,9,11H,2,4,6-8H2,(H,16,18). The Morgan fingerprint density at radius 2 is 2.28 bits per heavy atom. The van der Waals surface area contributed by atoms with E-state index < -0.39 is 0 Å². The summed E-state index contributed by atoms with van der Waals surface area (Å²) >= 11 is 5.80. The fourth-order valence-electron chi connectivity index (χ4n) is 3.03. The molecule has 0 radical (unpaired) electrons. The van der Waals surface area contributed by atoms with Crippen LogP contribution in [0, 0.1) is 0 Å². The number of amides is 1. The molecule has 1 N–H and O–H groups in total. The second kappa shape index (κ2) is 4.86. The summed E-state index contributed by atoms with van der Waals surface area (Å²) in [4.78, 5) is 18.6. The van der Waals surface area contributed by atoms with Crippen LogP contribution in [-0.4, -0.2) is 41.0 Å². The highest BCUT2D eigenvalue weighted by Gasteiger charge is 2.37. The number of nitrogens with zero attached hydrogens (tertiary/aromatic N) is 2. The predicted molar refractivity (Wildman–Crippen MR) is 69.7 cm³/mol. The van der Waals surface area contributed by atoms with Crippen LogP contribution in [0.4, 0.5) is 0 Å². The van der Waals surface area contributed by atoms with E-state index in [0.717, 1.165) is 13.0 Å². The summed E-state index contributed by atoms with van der Waals surface area (Å²) in [6, 6.07) is 5.91. The normalized spacial score (nSPS) is 27.2. The summed E-state index contributed by atoms with van der Waals surface area (Å²) in [6.07, 6.45) is 3.47. The maximum atomic E-state index is 12.1. The maximum Gasteiger partial charge on any atom is 0.270 e. The van der Waals surface area contributed by atoms with Gasteiger partial charge in [-0.2, -0.15) is 0 Å². The summed E-state index contributed by atoms with van der Waals surface area (Å²) in [5, 5.41) is 3.45. The Morgan fingerprint density at radius 1 is 1.39 bits per heavy atom. The fourth-order valence-corrected chi connectivity index (χ4v) is 3.19. The molecular formula is C13H16ClN3O. The van der Waals surface area contributed by atoms with Gasteiger partial charge >= 0.3 is 0 Å². The van der Waals surface area contributed by atoms with Gasteiger partial charge in [-0.3, -0.25) is 9.69 Å². The van der Waals surface area contributed by atoms with E-state index in [1.807, 2.05) is 0 Å². The van der Waals surface area contributed by atoms with Crippen LogP contribution < -0.4 is 5.32 Å². The zero-order valence-electron chi connectivity index (χ0n) is 10.1. The number of rotatable bonds is 2. The molecular weight excluding hydrogens is 250 g/mol. The molecule has 1 aromatic rings. The van der Waals surface area contributed by atoms with Crippen LogP contribution in [0.3, 0.4) is 0 Å². The Kier molecular flexibility index (Phi) is 3.22. The highest BCUT2D eigenvalue weighted by molar-refractivity contribution is 6.29. The number of fused-ring (bicyclic) bond motifs is 1. The van der Waals surface area contributed by atoms with E-state index in [9.17, 15) is 4.79 Å².